The monoisotopic (exact) mass is 354 g/mol. The average Bonchev–Trinajstić information content (AvgIpc) is 2.92. The van der Waals surface area contributed by atoms with Gasteiger partial charge in [-0.05, 0) is 44.5 Å². The smallest absolute Gasteiger partial charge is 0.168 e. The van der Waals surface area contributed by atoms with E-state index < -0.39 is 11.7 Å². The summed E-state index contributed by atoms with van der Waals surface area (Å²) in [6.07, 6.45) is 2.18. The fraction of sp³-hybridized carbons (Fsp3) is 0.333. The number of hydrogen-bond donors (Lipinski definition) is 2. The molecule has 26 heavy (non-hydrogen) atoms. The standard InChI is InChI=1S/C21H22O5/c1-12(2)4-6-14-17(24-3)9-8-16-19(14)26-20-15-7-5-13(22)10-18(15)25-11-21(16,20)23/h4-5,7-10,20,22-23H,6,11H2,1-3H3. The predicted molar refractivity (Wildman–Crippen MR) is 97.0 cm³/mol. The Bertz CT molecular complexity index is 898. The number of phenolic OH excluding ortho intramolecular Hbond substituents is 1. The first-order chi connectivity index (χ1) is 12.4. The quantitative estimate of drug-likeness (QED) is 0.824. The van der Waals surface area contributed by atoms with E-state index in [1.54, 1.807) is 25.3 Å². The van der Waals surface area contributed by atoms with Gasteiger partial charge >= 0.3 is 0 Å². The fourth-order valence-corrected chi connectivity index (χ4v) is 3.66. The minimum Gasteiger partial charge on any atom is -0.508 e. The van der Waals surface area contributed by atoms with E-state index in [0.717, 1.165) is 16.9 Å². The normalized spacial score (nSPS) is 22.4. The second-order valence-electron chi connectivity index (χ2n) is 7.04. The van der Waals surface area contributed by atoms with Crippen LogP contribution in [-0.2, 0) is 12.0 Å². The molecule has 2 aromatic carbocycles. The van der Waals surface area contributed by atoms with E-state index in [-0.39, 0.29) is 12.4 Å². The molecule has 0 amide bonds. The summed E-state index contributed by atoms with van der Waals surface area (Å²) in [5.74, 6) is 2.04. The molecule has 0 fully saturated rings. The van der Waals surface area contributed by atoms with Crippen LogP contribution in [0.1, 0.15) is 36.6 Å². The number of methoxy groups -OCH3 is 1. The Kier molecular flexibility index (Phi) is 3.84. The second-order valence-corrected chi connectivity index (χ2v) is 7.04. The van der Waals surface area contributed by atoms with Crippen LogP contribution in [0.15, 0.2) is 42.0 Å². The molecule has 0 spiro atoms. The Balaban J connectivity index is 1.84. The first-order valence-electron chi connectivity index (χ1n) is 8.62. The maximum atomic E-state index is 11.4. The van der Waals surface area contributed by atoms with Gasteiger partial charge in [0.2, 0.25) is 0 Å². The number of hydrogen-bond acceptors (Lipinski definition) is 5. The summed E-state index contributed by atoms with van der Waals surface area (Å²) in [5, 5.41) is 21.1. The molecule has 0 bridgehead atoms. The minimum absolute atomic E-state index is 0.0650. The van der Waals surface area contributed by atoms with Crippen LogP contribution in [0.25, 0.3) is 0 Å². The van der Waals surface area contributed by atoms with E-state index in [4.69, 9.17) is 14.2 Å². The molecule has 2 atom stereocenters. The zero-order valence-corrected chi connectivity index (χ0v) is 15.1. The van der Waals surface area contributed by atoms with Crippen LogP contribution < -0.4 is 14.2 Å². The summed E-state index contributed by atoms with van der Waals surface area (Å²) >= 11 is 0. The molecule has 2 N–H and O–H groups in total. The van der Waals surface area contributed by atoms with E-state index in [1.165, 1.54) is 5.57 Å². The molecule has 136 valence electrons. The van der Waals surface area contributed by atoms with Crippen molar-refractivity contribution >= 4 is 0 Å². The van der Waals surface area contributed by atoms with Gasteiger partial charge in [0.15, 0.2) is 11.7 Å². The van der Waals surface area contributed by atoms with Crippen LogP contribution >= 0.6 is 0 Å². The molecule has 0 radical (unpaired) electrons. The number of ether oxygens (including phenoxy) is 3. The second kappa shape index (κ2) is 5.95. The molecule has 0 aromatic heterocycles. The Labute approximate surface area is 152 Å². The lowest BCUT2D eigenvalue weighted by molar-refractivity contribution is -0.0864. The predicted octanol–water partition coefficient (Wildman–Crippen LogP) is 3.62. The lowest BCUT2D eigenvalue weighted by Gasteiger charge is -2.34. The van der Waals surface area contributed by atoms with Crippen molar-refractivity contribution in [3.63, 3.8) is 0 Å². The van der Waals surface area contributed by atoms with E-state index in [0.29, 0.717) is 23.5 Å². The summed E-state index contributed by atoms with van der Waals surface area (Å²) in [5.41, 5.74) is 2.27. The van der Waals surface area contributed by atoms with Gasteiger partial charge in [-0.15, -0.1) is 0 Å². The molecule has 0 aliphatic carbocycles. The van der Waals surface area contributed by atoms with Gasteiger partial charge in [0.05, 0.1) is 7.11 Å². The molecule has 5 heteroatoms. The third kappa shape index (κ3) is 2.42. The number of phenols is 1. The number of allylic oxidation sites excluding steroid dienone is 2. The lowest BCUT2D eigenvalue weighted by Crippen LogP contribution is -2.41. The number of aliphatic hydroxyl groups is 1. The molecule has 2 aromatic rings. The molecular weight excluding hydrogens is 332 g/mol. The van der Waals surface area contributed by atoms with Crippen LogP contribution in [0, 0.1) is 0 Å². The summed E-state index contributed by atoms with van der Waals surface area (Å²) in [6, 6.07) is 8.56. The maximum Gasteiger partial charge on any atom is 0.168 e. The molecule has 5 nitrogen and oxygen atoms in total. The molecule has 2 heterocycles. The molecule has 2 unspecified atom stereocenters. The van der Waals surface area contributed by atoms with Crippen molar-refractivity contribution in [3.8, 4) is 23.0 Å². The highest BCUT2D eigenvalue weighted by molar-refractivity contribution is 5.59. The highest BCUT2D eigenvalue weighted by Gasteiger charge is 2.53. The Morgan fingerprint density at radius 2 is 2.12 bits per heavy atom. The van der Waals surface area contributed by atoms with E-state index >= 15 is 0 Å². The first-order valence-corrected chi connectivity index (χ1v) is 8.62. The van der Waals surface area contributed by atoms with Crippen LogP contribution in [0.4, 0.5) is 0 Å². The van der Waals surface area contributed by atoms with Crippen molar-refractivity contribution < 1.29 is 24.4 Å². The zero-order valence-electron chi connectivity index (χ0n) is 15.1. The van der Waals surface area contributed by atoms with Crippen LogP contribution in [0.2, 0.25) is 0 Å². The van der Waals surface area contributed by atoms with Crippen molar-refractivity contribution in [3.05, 3.63) is 58.7 Å². The number of rotatable bonds is 3. The Morgan fingerprint density at radius 3 is 2.85 bits per heavy atom. The molecule has 2 aliphatic heterocycles. The van der Waals surface area contributed by atoms with Crippen molar-refractivity contribution in [2.24, 2.45) is 0 Å². The molecule has 4 rings (SSSR count). The molecule has 0 saturated carbocycles. The summed E-state index contributed by atoms with van der Waals surface area (Å²) < 4.78 is 17.5. The van der Waals surface area contributed by atoms with Gasteiger partial charge < -0.3 is 24.4 Å². The Hall–Kier alpha value is -2.66. The minimum atomic E-state index is -1.27. The van der Waals surface area contributed by atoms with Crippen LogP contribution in [-0.4, -0.2) is 23.9 Å². The lowest BCUT2D eigenvalue weighted by atomic mass is 9.84. The van der Waals surface area contributed by atoms with Gasteiger partial charge in [0, 0.05) is 22.8 Å². The van der Waals surface area contributed by atoms with E-state index in [9.17, 15) is 10.2 Å². The highest BCUT2D eigenvalue weighted by atomic mass is 16.5. The SMILES string of the molecule is COc1ccc2c(c1CC=C(C)C)OC1c3ccc(O)cc3OCC21O. The van der Waals surface area contributed by atoms with Crippen LogP contribution in [0.5, 0.6) is 23.0 Å². The summed E-state index contributed by atoms with van der Waals surface area (Å²) in [6.45, 7) is 4.15. The van der Waals surface area contributed by atoms with Crippen molar-refractivity contribution in [1.82, 2.24) is 0 Å². The molecule has 2 aliphatic rings. The number of fused-ring (bicyclic) bond motifs is 5. The highest BCUT2D eigenvalue weighted by Crippen LogP contribution is 2.56. The van der Waals surface area contributed by atoms with Crippen molar-refractivity contribution in [1.29, 1.82) is 0 Å². The van der Waals surface area contributed by atoms with Crippen molar-refractivity contribution in [2.75, 3.05) is 13.7 Å². The third-order valence-corrected chi connectivity index (χ3v) is 5.02. The summed E-state index contributed by atoms with van der Waals surface area (Å²) in [7, 11) is 1.63. The Morgan fingerprint density at radius 1 is 1.31 bits per heavy atom. The summed E-state index contributed by atoms with van der Waals surface area (Å²) in [4.78, 5) is 0. The average molecular weight is 354 g/mol. The maximum absolute atomic E-state index is 11.4. The first kappa shape index (κ1) is 16.8. The van der Waals surface area contributed by atoms with Gasteiger partial charge in [0.1, 0.15) is 29.6 Å². The molecule has 0 saturated heterocycles. The van der Waals surface area contributed by atoms with Gasteiger partial charge in [-0.2, -0.15) is 0 Å². The van der Waals surface area contributed by atoms with Gasteiger partial charge in [-0.1, -0.05) is 11.6 Å². The van der Waals surface area contributed by atoms with E-state index in [2.05, 4.69) is 6.08 Å². The fourth-order valence-electron chi connectivity index (χ4n) is 3.66. The van der Waals surface area contributed by atoms with Gasteiger partial charge in [0.25, 0.3) is 0 Å². The molecular formula is C21H22O5. The number of aromatic hydroxyl groups is 1. The van der Waals surface area contributed by atoms with Crippen LogP contribution in [0.3, 0.4) is 0 Å². The largest absolute Gasteiger partial charge is 0.508 e. The number of benzene rings is 2. The third-order valence-electron chi connectivity index (χ3n) is 5.02. The zero-order chi connectivity index (χ0) is 18.5. The van der Waals surface area contributed by atoms with Crippen molar-refractivity contribution in [2.45, 2.75) is 32.0 Å². The topological polar surface area (TPSA) is 68.2 Å². The van der Waals surface area contributed by atoms with Gasteiger partial charge in [-0.25, -0.2) is 0 Å². The van der Waals surface area contributed by atoms with E-state index in [1.807, 2.05) is 26.0 Å². The van der Waals surface area contributed by atoms with Gasteiger partial charge in [-0.3, -0.25) is 0 Å².